The number of nitrogens with zero attached hydrogens (tertiary/aromatic N) is 7. The van der Waals surface area contributed by atoms with Gasteiger partial charge in [-0.2, -0.15) is 20.1 Å². The van der Waals surface area contributed by atoms with E-state index in [9.17, 15) is 9.59 Å². The van der Waals surface area contributed by atoms with E-state index in [2.05, 4.69) is 49.3 Å². The maximum Gasteiger partial charge on any atom is 0.261 e. The molecule has 11 nitrogen and oxygen atoms in total. The lowest BCUT2D eigenvalue weighted by Crippen LogP contribution is -2.54. The monoisotopic (exact) mass is 477 g/mol. The van der Waals surface area contributed by atoms with Crippen molar-refractivity contribution in [2.75, 3.05) is 25.0 Å². The Morgan fingerprint density at radius 2 is 2.03 bits per heavy atom. The van der Waals surface area contributed by atoms with E-state index < -0.39 is 0 Å². The lowest BCUT2D eigenvalue weighted by atomic mass is 9.84. The van der Waals surface area contributed by atoms with E-state index in [1.807, 2.05) is 13.1 Å². The third kappa shape index (κ3) is 3.37. The molecule has 1 amide bonds. The van der Waals surface area contributed by atoms with Crippen molar-refractivity contribution in [2.24, 2.45) is 12.5 Å². The number of likely N-dealkylation sites (tertiary alicyclic amines) is 1. The molecule has 0 saturated carbocycles. The highest BCUT2D eigenvalue weighted by atomic mass is 32.1. The van der Waals surface area contributed by atoms with Gasteiger partial charge in [0.25, 0.3) is 5.56 Å². The second-order valence-electron chi connectivity index (χ2n) is 9.62. The quantitative estimate of drug-likeness (QED) is 0.406. The number of nitrogens with one attached hydrogen (secondary N) is 2. The van der Waals surface area contributed by atoms with Gasteiger partial charge in [0.05, 0.1) is 34.5 Å². The number of thiazole rings is 1. The smallest absolute Gasteiger partial charge is 0.261 e. The molecule has 5 aromatic rings. The van der Waals surface area contributed by atoms with Crippen LogP contribution < -0.4 is 10.9 Å². The number of fused-ring (bicyclic) bond motifs is 5. The Morgan fingerprint density at radius 1 is 1.24 bits per heavy atom. The minimum Gasteiger partial charge on any atom is -0.324 e. The molecule has 34 heavy (non-hydrogen) atoms. The minimum atomic E-state index is -0.255. The van der Waals surface area contributed by atoms with Gasteiger partial charge < -0.3 is 10.3 Å². The van der Waals surface area contributed by atoms with Gasteiger partial charge in [0.2, 0.25) is 5.91 Å². The molecule has 1 saturated heterocycles. The molecule has 1 fully saturated rings. The molecule has 0 radical (unpaired) electrons. The van der Waals surface area contributed by atoms with E-state index in [1.54, 1.807) is 23.8 Å². The summed E-state index contributed by atoms with van der Waals surface area (Å²) in [4.78, 5) is 38.1. The third-order valence-electron chi connectivity index (χ3n) is 5.97. The van der Waals surface area contributed by atoms with Gasteiger partial charge in [0, 0.05) is 26.3 Å². The SMILES string of the molecule is Cc1nn(C)nc1-c1cn2nc3c4ncc(NC(=O)CN5CC(C)(C)C5)cc4[nH]c(=O)c3c2s1. The van der Waals surface area contributed by atoms with Gasteiger partial charge >= 0.3 is 0 Å². The Morgan fingerprint density at radius 3 is 2.74 bits per heavy atom. The van der Waals surface area contributed by atoms with Crippen LogP contribution in [0.4, 0.5) is 5.69 Å². The first-order chi connectivity index (χ1) is 16.2. The number of aromatic nitrogens is 7. The standard InChI is InChI=1S/C22H23N9O2S/c1-11-17(27-29(4)26-11)14-7-31-21(34-14)16-19(28-31)18-13(25-20(16)33)5-12(6-23-18)24-15(32)8-30-9-22(2,3)10-30/h5-7H,8-10H2,1-4H3,(H,24,32)(H,25,33). The van der Waals surface area contributed by atoms with Crippen molar-refractivity contribution >= 4 is 49.7 Å². The highest BCUT2D eigenvalue weighted by Crippen LogP contribution is 2.33. The molecule has 5 aromatic heterocycles. The molecule has 1 aliphatic heterocycles. The maximum absolute atomic E-state index is 13.0. The van der Waals surface area contributed by atoms with Crippen molar-refractivity contribution in [1.29, 1.82) is 0 Å². The number of pyridine rings is 2. The van der Waals surface area contributed by atoms with Crippen LogP contribution in [0.2, 0.25) is 0 Å². The Kier molecular flexibility index (Phi) is 4.42. The first kappa shape index (κ1) is 20.9. The number of aryl methyl sites for hydroxylation is 2. The Balaban J connectivity index is 1.34. The van der Waals surface area contributed by atoms with Crippen molar-refractivity contribution in [3.63, 3.8) is 0 Å². The summed E-state index contributed by atoms with van der Waals surface area (Å²) < 4.78 is 1.69. The summed E-state index contributed by atoms with van der Waals surface area (Å²) in [6, 6.07) is 1.73. The van der Waals surface area contributed by atoms with Gasteiger partial charge in [0.15, 0.2) is 0 Å². The topological polar surface area (TPSA) is 126 Å². The largest absolute Gasteiger partial charge is 0.324 e. The van der Waals surface area contributed by atoms with Crippen LogP contribution in [0.25, 0.3) is 37.3 Å². The van der Waals surface area contributed by atoms with Crippen LogP contribution >= 0.6 is 11.3 Å². The normalized spacial score (nSPS) is 15.9. The van der Waals surface area contributed by atoms with Crippen LogP contribution in [0.5, 0.6) is 0 Å². The summed E-state index contributed by atoms with van der Waals surface area (Å²) >= 11 is 1.44. The van der Waals surface area contributed by atoms with Crippen LogP contribution in [0.15, 0.2) is 23.3 Å². The van der Waals surface area contributed by atoms with E-state index in [0.717, 1.165) is 34.2 Å². The zero-order chi connectivity index (χ0) is 23.8. The molecule has 2 N–H and O–H groups in total. The number of H-pyrrole nitrogens is 1. The van der Waals surface area contributed by atoms with Crippen LogP contribution in [0.3, 0.4) is 0 Å². The molecule has 0 spiro atoms. The zero-order valence-electron chi connectivity index (χ0n) is 19.2. The Bertz CT molecular complexity index is 1660. The summed E-state index contributed by atoms with van der Waals surface area (Å²) in [5, 5.41) is 16.7. The Hall–Kier alpha value is -3.64. The van der Waals surface area contributed by atoms with Gasteiger partial charge in [0.1, 0.15) is 26.9 Å². The number of hydrogen-bond donors (Lipinski definition) is 2. The van der Waals surface area contributed by atoms with Crippen molar-refractivity contribution in [3.05, 3.63) is 34.5 Å². The van der Waals surface area contributed by atoms with Crippen LogP contribution in [0, 0.1) is 12.3 Å². The highest BCUT2D eigenvalue weighted by Gasteiger charge is 2.34. The molecule has 0 atom stereocenters. The minimum absolute atomic E-state index is 0.102. The van der Waals surface area contributed by atoms with Crippen molar-refractivity contribution < 1.29 is 4.79 Å². The molecule has 0 unspecified atom stereocenters. The Labute approximate surface area is 197 Å². The number of rotatable bonds is 4. The van der Waals surface area contributed by atoms with Gasteiger partial charge in [-0.15, -0.1) is 11.3 Å². The van der Waals surface area contributed by atoms with Crippen molar-refractivity contribution in [1.82, 2.24) is 39.5 Å². The molecule has 174 valence electrons. The fourth-order valence-electron chi connectivity index (χ4n) is 4.74. The lowest BCUT2D eigenvalue weighted by molar-refractivity contribution is -0.120. The molecular formula is C22H23N9O2S. The number of aromatic amines is 1. The molecule has 12 heteroatoms. The zero-order valence-corrected chi connectivity index (χ0v) is 20.0. The number of hydrogen-bond acceptors (Lipinski definition) is 8. The van der Waals surface area contributed by atoms with E-state index in [-0.39, 0.29) is 16.9 Å². The average molecular weight is 478 g/mol. The second kappa shape index (κ2) is 7.18. The molecule has 0 aromatic carbocycles. The number of amides is 1. The van der Waals surface area contributed by atoms with E-state index >= 15 is 0 Å². The number of carbonyl (C=O) groups excluding carboxylic acids is 1. The van der Waals surface area contributed by atoms with Gasteiger partial charge in [-0.1, -0.05) is 13.8 Å². The highest BCUT2D eigenvalue weighted by molar-refractivity contribution is 7.21. The molecule has 6 rings (SSSR count). The van der Waals surface area contributed by atoms with E-state index in [4.69, 9.17) is 0 Å². The van der Waals surface area contributed by atoms with Gasteiger partial charge in [-0.05, 0) is 18.4 Å². The molecule has 0 bridgehead atoms. The third-order valence-corrected chi connectivity index (χ3v) is 7.07. The van der Waals surface area contributed by atoms with Crippen LogP contribution in [-0.4, -0.2) is 65.0 Å². The summed E-state index contributed by atoms with van der Waals surface area (Å²) in [6.45, 7) is 8.40. The maximum atomic E-state index is 13.0. The van der Waals surface area contributed by atoms with Crippen molar-refractivity contribution in [2.45, 2.75) is 20.8 Å². The second-order valence-corrected chi connectivity index (χ2v) is 10.7. The first-order valence-electron chi connectivity index (χ1n) is 10.9. The summed E-state index contributed by atoms with van der Waals surface area (Å²) in [5.41, 5.74) is 3.74. The molecule has 1 aliphatic rings. The molecular weight excluding hydrogens is 454 g/mol. The summed E-state index contributed by atoms with van der Waals surface area (Å²) in [7, 11) is 1.77. The number of carbonyl (C=O) groups is 1. The fraction of sp³-hybridized carbons (Fsp3) is 0.364. The first-order valence-corrected chi connectivity index (χ1v) is 11.7. The lowest BCUT2D eigenvalue weighted by Gasteiger charge is -2.45. The molecule has 0 aliphatic carbocycles. The number of anilines is 1. The predicted molar refractivity (Wildman–Crippen MR) is 130 cm³/mol. The fourth-order valence-corrected chi connectivity index (χ4v) is 5.86. The van der Waals surface area contributed by atoms with Crippen molar-refractivity contribution in [3.8, 4) is 10.6 Å². The van der Waals surface area contributed by atoms with E-state index in [0.29, 0.717) is 34.2 Å². The van der Waals surface area contributed by atoms with Crippen LogP contribution in [0.1, 0.15) is 19.5 Å². The van der Waals surface area contributed by atoms with Gasteiger partial charge in [-0.3, -0.25) is 19.5 Å². The van der Waals surface area contributed by atoms with E-state index in [1.165, 1.54) is 16.1 Å². The summed E-state index contributed by atoms with van der Waals surface area (Å²) in [6.07, 6.45) is 3.45. The van der Waals surface area contributed by atoms with Crippen LogP contribution in [-0.2, 0) is 11.8 Å². The molecule has 6 heterocycles. The predicted octanol–water partition coefficient (Wildman–Crippen LogP) is 2.17. The van der Waals surface area contributed by atoms with Gasteiger partial charge in [-0.25, -0.2) is 4.52 Å². The summed E-state index contributed by atoms with van der Waals surface area (Å²) in [5.74, 6) is -0.102. The average Bonchev–Trinajstić information content (AvgIpc) is 3.38.